The van der Waals surface area contributed by atoms with E-state index < -0.39 is 18.4 Å². The van der Waals surface area contributed by atoms with Gasteiger partial charge in [0.1, 0.15) is 0 Å². The first-order valence-corrected chi connectivity index (χ1v) is 7.34. The molecular weight excluding hydrogens is 279 g/mol. The summed E-state index contributed by atoms with van der Waals surface area (Å²) in [5.41, 5.74) is 2.14. The Balaban J connectivity index is 2.84. The van der Waals surface area contributed by atoms with Gasteiger partial charge in [0.25, 0.3) is 0 Å². The number of likely N-dealkylation sites (N-methyl/N-ethyl adjacent to an activating group) is 1. The Morgan fingerprint density at radius 2 is 1.67 bits per heavy atom. The van der Waals surface area contributed by atoms with Crippen LogP contribution in [0.2, 0.25) is 0 Å². The zero-order chi connectivity index (χ0) is 16.0. The van der Waals surface area contributed by atoms with Crippen molar-refractivity contribution in [3.63, 3.8) is 0 Å². The Morgan fingerprint density at radius 3 is 2.10 bits per heavy atom. The van der Waals surface area contributed by atoms with Crippen molar-refractivity contribution in [1.82, 2.24) is 5.32 Å². The molecule has 0 aliphatic carbocycles. The maximum absolute atomic E-state index is 12.6. The largest absolute Gasteiger partial charge is 0.414 e. The number of hydrogen-bond donors (Lipinski definition) is 1. The van der Waals surface area contributed by atoms with Crippen LogP contribution >= 0.6 is 0 Å². The molecule has 0 spiro atoms. The van der Waals surface area contributed by atoms with E-state index >= 15 is 0 Å². The molecule has 0 fully saturated rings. The highest BCUT2D eigenvalue weighted by molar-refractivity contribution is 5.25. The molecule has 1 rings (SSSR count). The van der Waals surface area contributed by atoms with Crippen LogP contribution < -0.4 is 5.32 Å². The maximum Gasteiger partial charge on any atom is 0.414 e. The first kappa shape index (κ1) is 18.0. The fourth-order valence-corrected chi connectivity index (χ4v) is 2.21. The predicted octanol–water partition coefficient (Wildman–Crippen LogP) is 4.26. The standard InChI is InChI=1S/C16H24F3NO/c1-5-13-7-9-14(10-8-13)15(20-6-2)11(3)21-12(4)16(17,18)19/h7-12,15,20H,5-6H2,1-4H3. The van der Waals surface area contributed by atoms with E-state index in [9.17, 15) is 13.2 Å². The molecule has 0 aliphatic heterocycles. The van der Waals surface area contributed by atoms with Crippen LogP contribution in [0.3, 0.4) is 0 Å². The van der Waals surface area contributed by atoms with Gasteiger partial charge < -0.3 is 10.1 Å². The summed E-state index contributed by atoms with van der Waals surface area (Å²) < 4.78 is 43.0. The lowest BCUT2D eigenvalue weighted by atomic mass is 10.00. The summed E-state index contributed by atoms with van der Waals surface area (Å²) in [6.07, 6.45) is -5.75. The maximum atomic E-state index is 12.6. The van der Waals surface area contributed by atoms with Crippen molar-refractivity contribution in [1.29, 1.82) is 0 Å². The van der Waals surface area contributed by atoms with Crippen molar-refractivity contribution in [3.05, 3.63) is 35.4 Å². The van der Waals surface area contributed by atoms with Crippen molar-refractivity contribution in [2.24, 2.45) is 0 Å². The van der Waals surface area contributed by atoms with Gasteiger partial charge in [-0.25, -0.2) is 0 Å². The lowest BCUT2D eigenvalue weighted by Crippen LogP contribution is -2.38. The number of ether oxygens (including phenoxy) is 1. The number of rotatable bonds is 7. The van der Waals surface area contributed by atoms with E-state index in [1.165, 1.54) is 5.56 Å². The molecule has 1 aromatic carbocycles. The van der Waals surface area contributed by atoms with E-state index in [4.69, 9.17) is 4.74 Å². The van der Waals surface area contributed by atoms with Gasteiger partial charge in [-0.15, -0.1) is 0 Å². The minimum Gasteiger partial charge on any atom is -0.364 e. The summed E-state index contributed by atoms with van der Waals surface area (Å²) in [5, 5.41) is 3.20. The number of halogens is 3. The normalized spacial score (nSPS) is 16.5. The molecule has 1 N–H and O–H groups in total. The molecule has 21 heavy (non-hydrogen) atoms. The monoisotopic (exact) mass is 303 g/mol. The Kier molecular flexibility index (Phi) is 6.68. The molecule has 2 nitrogen and oxygen atoms in total. The van der Waals surface area contributed by atoms with Crippen molar-refractivity contribution >= 4 is 0 Å². The van der Waals surface area contributed by atoms with Crippen LogP contribution in [0.4, 0.5) is 13.2 Å². The quantitative estimate of drug-likeness (QED) is 0.813. The third kappa shape index (κ3) is 5.32. The SMILES string of the molecule is CCNC(c1ccc(CC)cc1)C(C)OC(C)C(F)(F)F. The number of nitrogens with one attached hydrogen (secondary N) is 1. The zero-order valence-corrected chi connectivity index (χ0v) is 13.0. The van der Waals surface area contributed by atoms with Crippen LogP contribution in [0.1, 0.15) is 44.9 Å². The van der Waals surface area contributed by atoms with Crippen molar-refractivity contribution in [2.45, 2.75) is 58.5 Å². The van der Waals surface area contributed by atoms with E-state index in [1.54, 1.807) is 6.92 Å². The summed E-state index contributed by atoms with van der Waals surface area (Å²) in [6, 6.07) is 7.64. The molecule has 0 saturated heterocycles. The second-order valence-corrected chi connectivity index (χ2v) is 5.16. The molecular formula is C16H24F3NO. The minimum absolute atomic E-state index is 0.259. The van der Waals surface area contributed by atoms with Crippen molar-refractivity contribution in [3.8, 4) is 0 Å². The van der Waals surface area contributed by atoms with E-state index in [0.717, 1.165) is 18.9 Å². The van der Waals surface area contributed by atoms with Crippen molar-refractivity contribution in [2.75, 3.05) is 6.54 Å². The van der Waals surface area contributed by atoms with Crippen LogP contribution in [0.15, 0.2) is 24.3 Å². The molecule has 0 heterocycles. The smallest absolute Gasteiger partial charge is 0.364 e. The topological polar surface area (TPSA) is 21.3 Å². The van der Waals surface area contributed by atoms with Gasteiger partial charge >= 0.3 is 6.18 Å². The molecule has 0 saturated carbocycles. The molecule has 0 amide bonds. The van der Waals surface area contributed by atoms with E-state index in [-0.39, 0.29) is 6.04 Å². The summed E-state index contributed by atoms with van der Waals surface area (Å²) in [7, 11) is 0. The van der Waals surface area contributed by atoms with E-state index in [2.05, 4.69) is 12.2 Å². The molecule has 3 atom stereocenters. The van der Waals surface area contributed by atoms with Gasteiger partial charge in [0, 0.05) is 0 Å². The lowest BCUT2D eigenvalue weighted by Gasteiger charge is -2.29. The fraction of sp³-hybridized carbons (Fsp3) is 0.625. The summed E-state index contributed by atoms with van der Waals surface area (Å²) in [6.45, 7) is 7.36. The van der Waals surface area contributed by atoms with E-state index in [0.29, 0.717) is 6.54 Å². The molecule has 5 heteroatoms. The first-order chi connectivity index (χ1) is 9.79. The molecule has 0 aromatic heterocycles. The van der Waals surface area contributed by atoms with E-state index in [1.807, 2.05) is 31.2 Å². The van der Waals surface area contributed by atoms with Crippen LogP contribution in [0, 0.1) is 0 Å². The fourth-order valence-electron chi connectivity index (χ4n) is 2.21. The number of benzene rings is 1. The van der Waals surface area contributed by atoms with Crippen LogP contribution in [-0.4, -0.2) is 24.9 Å². The molecule has 0 radical (unpaired) electrons. The van der Waals surface area contributed by atoms with Crippen molar-refractivity contribution < 1.29 is 17.9 Å². The third-order valence-corrected chi connectivity index (χ3v) is 3.52. The molecule has 1 aromatic rings. The van der Waals surface area contributed by atoms with Gasteiger partial charge in [0.2, 0.25) is 0 Å². The Morgan fingerprint density at radius 1 is 1.10 bits per heavy atom. The Hall–Kier alpha value is -1.07. The second-order valence-electron chi connectivity index (χ2n) is 5.16. The van der Waals surface area contributed by atoms with Gasteiger partial charge in [0.05, 0.1) is 12.1 Å². The molecule has 0 bridgehead atoms. The first-order valence-electron chi connectivity index (χ1n) is 7.34. The average molecular weight is 303 g/mol. The number of aryl methyl sites for hydroxylation is 1. The zero-order valence-electron chi connectivity index (χ0n) is 13.0. The molecule has 3 unspecified atom stereocenters. The van der Waals surface area contributed by atoms with Crippen LogP contribution in [0.25, 0.3) is 0 Å². The third-order valence-electron chi connectivity index (χ3n) is 3.52. The van der Waals surface area contributed by atoms with Gasteiger partial charge in [-0.3, -0.25) is 0 Å². The van der Waals surface area contributed by atoms with Gasteiger partial charge in [0.15, 0.2) is 6.10 Å². The highest BCUT2D eigenvalue weighted by Gasteiger charge is 2.39. The van der Waals surface area contributed by atoms with Crippen LogP contribution in [0.5, 0.6) is 0 Å². The Bertz CT molecular complexity index is 417. The summed E-state index contributed by atoms with van der Waals surface area (Å²) in [4.78, 5) is 0. The highest BCUT2D eigenvalue weighted by atomic mass is 19.4. The number of hydrogen-bond acceptors (Lipinski definition) is 2. The molecule has 120 valence electrons. The number of alkyl halides is 3. The Labute approximate surface area is 124 Å². The summed E-state index contributed by atoms with van der Waals surface area (Å²) in [5.74, 6) is 0. The predicted molar refractivity (Wildman–Crippen MR) is 78.3 cm³/mol. The van der Waals surface area contributed by atoms with Gasteiger partial charge in [-0.2, -0.15) is 13.2 Å². The minimum atomic E-state index is -4.34. The molecule has 0 aliphatic rings. The summed E-state index contributed by atoms with van der Waals surface area (Å²) >= 11 is 0. The average Bonchev–Trinajstić information content (AvgIpc) is 2.43. The van der Waals surface area contributed by atoms with Crippen LogP contribution in [-0.2, 0) is 11.2 Å². The highest BCUT2D eigenvalue weighted by Crippen LogP contribution is 2.27. The lowest BCUT2D eigenvalue weighted by molar-refractivity contribution is -0.227. The van der Waals surface area contributed by atoms with Gasteiger partial charge in [-0.1, -0.05) is 38.1 Å². The van der Waals surface area contributed by atoms with Gasteiger partial charge in [-0.05, 0) is 37.9 Å². The second kappa shape index (κ2) is 7.80.